The lowest BCUT2D eigenvalue weighted by Gasteiger charge is -2.29. The molecule has 7 heteroatoms. The Balaban J connectivity index is 1.31. The van der Waals surface area contributed by atoms with Gasteiger partial charge in [0, 0.05) is 24.8 Å². The van der Waals surface area contributed by atoms with Crippen molar-refractivity contribution in [1.29, 1.82) is 0 Å². The number of thioether (sulfide) groups is 1. The van der Waals surface area contributed by atoms with Crippen LogP contribution in [0.25, 0.3) is 0 Å². The minimum absolute atomic E-state index is 0.0956. The van der Waals surface area contributed by atoms with Crippen molar-refractivity contribution < 1.29 is 9.53 Å². The van der Waals surface area contributed by atoms with E-state index >= 15 is 0 Å². The average Bonchev–Trinajstić information content (AvgIpc) is 2.78. The number of fused-ring (bicyclic) bond motifs is 1. The summed E-state index contributed by atoms with van der Waals surface area (Å²) in [6.07, 6.45) is 1.01. The molecule has 0 saturated heterocycles. The Hall–Kier alpha value is -3.06. The van der Waals surface area contributed by atoms with Crippen molar-refractivity contribution >= 4 is 29.2 Å². The minimum atomic E-state index is -0.0956. The van der Waals surface area contributed by atoms with Crippen LogP contribution in [-0.4, -0.2) is 35.5 Å². The molecule has 2 heterocycles. The van der Waals surface area contributed by atoms with E-state index in [0.29, 0.717) is 11.4 Å². The summed E-state index contributed by atoms with van der Waals surface area (Å²) in [5.41, 5.74) is 3.46. The minimum Gasteiger partial charge on any atom is -0.497 e. The quantitative estimate of drug-likeness (QED) is 0.629. The molecule has 3 aromatic rings. The second-order valence-electron chi connectivity index (χ2n) is 6.74. The molecule has 0 atom stereocenters. The van der Waals surface area contributed by atoms with Gasteiger partial charge in [0.05, 0.1) is 12.9 Å². The van der Waals surface area contributed by atoms with Gasteiger partial charge in [-0.1, -0.05) is 42.1 Å². The van der Waals surface area contributed by atoms with Gasteiger partial charge in [-0.15, -0.1) is 10.2 Å². The number of ether oxygens (including phenoxy) is 1. The van der Waals surface area contributed by atoms with E-state index in [1.807, 2.05) is 30.3 Å². The van der Waals surface area contributed by atoms with E-state index in [0.717, 1.165) is 30.4 Å². The van der Waals surface area contributed by atoms with E-state index in [-0.39, 0.29) is 11.7 Å². The molecule has 0 saturated carbocycles. The van der Waals surface area contributed by atoms with E-state index in [1.165, 1.54) is 22.9 Å². The molecule has 2 aromatic carbocycles. The number of hydrogen-bond donors (Lipinski definition) is 1. The summed E-state index contributed by atoms with van der Waals surface area (Å²) in [6, 6.07) is 19.7. The molecule has 0 unspecified atom stereocenters. The van der Waals surface area contributed by atoms with Crippen molar-refractivity contribution in [1.82, 2.24) is 10.2 Å². The summed E-state index contributed by atoms with van der Waals surface area (Å²) in [5, 5.41) is 12.2. The van der Waals surface area contributed by atoms with Crippen LogP contribution in [0, 0.1) is 0 Å². The molecule has 1 N–H and O–H groups in total. The first-order valence-corrected chi connectivity index (χ1v) is 10.4. The Kier molecular flexibility index (Phi) is 5.95. The molecule has 1 aliphatic heterocycles. The fraction of sp³-hybridized carbons (Fsp3) is 0.227. The van der Waals surface area contributed by atoms with Gasteiger partial charge in [0.2, 0.25) is 5.91 Å². The van der Waals surface area contributed by atoms with E-state index < -0.39 is 0 Å². The van der Waals surface area contributed by atoms with Crippen LogP contribution in [-0.2, 0) is 17.8 Å². The Morgan fingerprint density at radius 3 is 2.76 bits per heavy atom. The monoisotopic (exact) mass is 406 g/mol. The molecule has 1 aromatic heterocycles. The van der Waals surface area contributed by atoms with Gasteiger partial charge in [-0.2, -0.15) is 0 Å². The standard InChI is InChI=1S/C22H22N4O2S/c1-28-19-8-4-7-18(13-19)23-21(27)15-29-22-10-9-20(24-25-22)26-12-11-16-5-2-3-6-17(16)14-26/h2-10,13H,11-12,14-15H2,1H3,(H,23,27). The van der Waals surface area contributed by atoms with Crippen molar-refractivity contribution in [2.45, 2.75) is 18.0 Å². The molecule has 0 bridgehead atoms. The maximum absolute atomic E-state index is 12.2. The largest absolute Gasteiger partial charge is 0.497 e. The molecule has 148 valence electrons. The number of methoxy groups -OCH3 is 1. The number of hydrogen-bond acceptors (Lipinski definition) is 6. The third kappa shape index (κ3) is 4.86. The smallest absolute Gasteiger partial charge is 0.234 e. The molecular formula is C22H22N4O2S. The Labute approximate surface area is 174 Å². The van der Waals surface area contributed by atoms with Gasteiger partial charge >= 0.3 is 0 Å². The molecular weight excluding hydrogens is 384 g/mol. The van der Waals surface area contributed by atoms with Gasteiger partial charge in [-0.25, -0.2) is 0 Å². The Bertz CT molecular complexity index is 994. The van der Waals surface area contributed by atoms with Gasteiger partial charge in [0.25, 0.3) is 0 Å². The first-order chi connectivity index (χ1) is 14.2. The lowest BCUT2D eigenvalue weighted by molar-refractivity contribution is -0.113. The number of nitrogens with zero attached hydrogens (tertiary/aromatic N) is 3. The summed E-state index contributed by atoms with van der Waals surface area (Å²) >= 11 is 1.37. The average molecular weight is 407 g/mol. The third-order valence-corrected chi connectivity index (χ3v) is 5.71. The maximum Gasteiger partial charge on any atom is 0.234 e. The molecule has 0 fully saturated rings. The van der Waals surface area contributed by atoms with Crippen molar-refractivity contribution in [3.05, 3.63) is 71.8 Å². The molecule has 0 radical (unpaired) electrons. The SMILES string of the molecule is COc1cccc(NC(=O)CSc2ccc(N3CCc4ccccc4C3)nn2)c1. The summed E-state index contributed by atoms with van der Waals surface area (Å²) in [6.45, 7) is 1.78. The second kappa shape index (κ2) is 8.96. The predicted octanol–water partition coefficient (Wildman–Crippen LogP) is 3.78. The van der Waals surface area contributed by atoms with Gasteiger partial charge in [-0.3, -0.25) is 4.79 Å². The summed E-state index contributed by atoms with van der Waals surface area (Å²) in [5.74, 6) is 1.74. The van der Waals surface area contributed by atoms with Gasteiger partial charge in [0.1, 0.15) is 10.8 Å². The number of aromatic nitrogens is 2. The first-order valence-electron chi connectivity index (χ1n) is 9.43. The van der Waals surface area contributed by atoms with Crippen LogP contribution in [0.4, 0.5) is 11.5 Å². The number of nitrogens with one attached hydrogen (secondary N) is 1. The van der Waals surface area contributed by atoms with E-state index in [9.17, 15) is 4.79 Å². The first kappa shape index (κ1) is 19.3. The van der Waals surface area contributed by atoms with Crippen molar-refractivity contribution in [3.63, 3.8) is 0 Å². The topological polar surface area (TPSA) is 67.3 Å². The van der Waals surface area contributed by atoms with Gasteiger partial charge < -0.3 is 15.0 Å². The highest BCUT2D eigenvalue weighted by atomic mass is 32.2. The number of carbonyl (C=O) groups excluding carboxylic acids is 1. The zero-order valence-corrected chi connectivity index (χ0v) is 17.0. The molecule has 4 rings (SSSR count). The molecule has 29 heavy (non-hydrogen) atoms. The van der Waals surface area contributed by atoms with Crippen molar-refractivity contribution in [2.75, 3.05) is 29.6 Å². The van der Waals surface area contributed by atoms with Crippen LogP contribution < -0.4 is 15.0 Å². The zero-order valence-electron chi connectivity index (χ0n) is 16.2. The molecule has 1 amide bonds. The lowest BCUT2D eigenvalue weighted by Crippen LogP contribution is -2.31. The number of rotatable bonds is 6. The molecule has 0 aliphatic carbocycles. The van der Waals surface area contributed by atoms with Crippen molar-refractivity contribution in [3.8, 4) is 5.75 Å². The number of amides is 1. The lowest BCUT2D eigenvalue weighted by atomic mass is 10.00. The van der Waals surface area contributed by atoms with Crippen LogP contribution in [0.1, 0.15) is 11.1 Å². The van der Waals surface area contributed by atoms with Gasteiger partial charge in [0.15, 0.2) is 5.82 Å². The predicted molar refractivity (Wildman–Crippen MR) is 116 cm³/mol. The number of benzene rings is 2. The number of carbonyl (C=O) groups is 1. The Morgan fingerprint density at radius 2 is 1.97 bits per heavy atom. The Morgan fingerprint density at radius 1 is 1.10 bits per heavy atom. The van der Waals surface area contributed by atoms with Crippen LogP contribution >= 0.6 is 11.8 Å². The van der Waals surface area contributed by atoms with Gasteiger partial charge in [-0.05, 0) is 41.8 Å². The number of anilines is 2. The summed E-state index contributed by atoms with van der Waals surface area (Å²) in [4.78, 5) is 14.4. The normalized spacial score (nSPS) is 12.9. The molecule has 0 spiro atoms. The van der Waals surface area contributed by atoms with Crippen LogP contribution in [0.2, 0.25) is 0 Å². The van der Waals surface area contributed by atoms with Crippen LogP contribution in [0.5, 0.6) is 5.75 Å². The fourth-order valence-corrected chi connectivity index (χ4v) is 3.90. The summed E-state index contributed by atoms with van der Waals surface area (Å²) in [7, 11) is 1.60. The van der Waals surface area contributed by atoms with Crippen LogP contribution in [0.3, 0.4) is 0 Å². The molecule has 6 nitrogen and oxygen atoms in total. The van der Waals surface area contributed by atoms with E-state index in [4.69, 9.17) is 4.74 Å². The van der Waals surface area contributed by atoms with Crippen LogP contribution in [0.15, 0.2) is 65.7 Å². The zero-order chi connectivity index (χ0) is 20.1. The highest BCUT2D eigenvalue weighted by molar-refractivity contribution is 7.99. The van der Waals surface area contributed by atoms with E-state index in [1.54, 1.807) is 13.2 Å². The highest BCUT2D eigenvalue weighted by Crippen LogP contribution is 2.24. The summed E-state index contributed by atoms with van der Waals surface area (Å²) < 4.78 is 5.17. The second-order valence-corrected chi connectivity index (χ2v) is 7.73. The van der Waals surface area contributed by atoms with Crippen molar-refractivity contribution in [2.24, 2.45) is 0 Å². The highest BCUT2D eigenvalue weighted by Gasteiger charge is 2.17. The maximum atomic E-state index is 12.2. The fourth-order valence-electron chi connectivity index (χ4n) is 3.29. The van der Waals surface area contributed by atoms with E-state index in [2.05, 4.69) is 44.7 Å². The third-order valence-electron chi connectivity index (χ3n) is 4.79. The molecule has 1 aliphatic rings.